The number of halogens is 1. The predicted octanol–water partition coefficient (Wildman–Crippen LogP) is 0.360. The Morgan fingerprint density at radius 1 is 1.44 bits per heavy atom. The van der Waals surface area contributed by atoms with Gasteiger partial charge in [0, 0.05) is 17.2 Å². The molecule has 0 unspecified atom stereocenters. The standard InChI is InChI=1S/C9H6ClN3O3/c10-6-1-3-7(4-2-6)13-5-8(16-12-13)11-9(14)15/h1-5H,(H-,11,12,14,15). The molecule has 0 saturated heterocycles. The summed E-state index contributed by atoms with van der Waals surface area (Å²) in [7, 11) is 0. The van der Waals surface area contributed by atoms with E-state index in [9.17, 15) is 9.90 Å². The fraction of sp³-hybridized carbons (Fsp3) is 0. The molecule has 0 spiro atoms. The molecule has 0 aliphatic rings. The maximum atomic E-state index is 10.2. The normalized spacial score (nSPS) is 10.1. The molecular formula is C9H6ClN3O3. The van der Waals surface area contributed by atoms with Crippen LogP contribution < -0.4 is 15.1 Å². The molecule has 0 atom stereocenters. The first kappa shape index (κ1) is 10.4. The van der Waals surface area contributed by atoms with Gasteiger partial charge in [0.25, 0.3) is 6.20 Å². The minimum absolute atomic E-state index is 0.0186. The fourth-order valence-electron chi connectivity index (χ4n) is 1.12. The van der Waals surface area contributed by atoms with Crippen molar-refractivity contribution in [3.8, 4) is 5.69 Å². The molecule has 7 heteroatoms. The van der Waals surface area contributed by atoms with Crippen molar-refractivity contribution in [1.82, 2.24) is 5.27 Å². The Hall–Kier alpha value is -2.08. The summed E-state index contributed by atoms with van der Waals surface area (Å²) in [4.78, 5) is 10.2. The van der Waals surface area contributed by atoms with Gasteiger partial charge in [0.05, 0.1) is 0 Å². The van der Waals surface area contributed by atoms with Gasteiger partial charge >= 0.3 is 5.88 Å². The molecule has 0 bridgehead atoms. The third-order valence-electron chi connectivity index (χ3n) is 1.78. The summed E-state index contributed by atoms with van der Waals surface area (Å²) in [6.07, 6.45) is -0.0848. The summed E-state index contributed by atoms with van der Waals surface area (Å²) >= 11 is 5.72. The van der Waals surface area contributed by atoms with Crippen molar-refractivity contribution in [3.05, 3.63) is 35.5 Å². The van der Waals surface area contributed by atoms with Crippen LogP contribution in [0, 0.1) is 0 Å². The van der Waals surface area contributed by atoms with Gasteiger partial charge in [0.1, 0.15) is 6.09 Å². The molecule has 2 rings (SSSR count). The highest BCUT2D eigenvalue weighted by molar-refractivity contribution is 6.30. The van der Waals surface area contributed by atoms with Crippen LogP contribution in [0.3, 0.4) is 0 Å². The highest BCUT2D eigenvalue weighted by atomic mass is 35.5. The first-order valence-electron chi connectivity index (χ1n) is 4.28. The van der Waals surface area contributed by atoms with E-state index in [1.807, 2.05) is 5.32 Å². The molecule has 6 nitrogen and oxygen atoms in total. The number of carboxylic acid groups (broad SMARTS) is 1. The van der Waals surface area contributed by atoms with Gasteiger partial charge in [-0.15, -0.1) is 0 Å². The van der Waals surface area contributed by atoms with Crippen molar-refractivity contribution in [2.75, 3.05) is 5.32 Å². The fourth-order valence-corrected chi connectivity index (χ4v) is 1.24. The van der Waals surface area contributed by atoms with E-state index in [0.29, 0.717) is 10.7 Å². The molecule has 82 valence electrons. The Labute approximate surface area is 95.0 Å². The molecule has 1 N–H and O–H groups in total. The molecule has 16 heavy (non-hydrogen) atoms. The molecule has 1 aromatic carbocycles. The van der Waals surface area contributed by atoms with E-state index in [0.717, 1.165) is 0 Å². The van der Waals surface area contributed by atoms with Gasteiger partial charge in [-0.2, -0.15) is 0 Å². The van der Waals surface area contributed by atoms with Crippen molar-refractivity contribution in [3.63, 3.8) is 0 Å². The van der Waals surface area contributed by atoms with Crippen molar-refractivity contribution in [2.45, 2.75) is 0 Å². The highest BCUT2D eigenvalue weighted by Gasteiger charge is 2.14. The van der Waals surface area contributed by atoms with Gasteiger partial charge in [0.2, 0.25) is 11.0 Å². The summed E-state index contributed by atoms with van der Waals surface area (Å²) in [6, 6.07) is 6.80. The summed E-state index contributed by atoms with van der Waals surface area (Å²) in [5, 5.41) is 16.4. The molecule has 0 aliphatic heterocycles. The predicted molar refractivity (Wildman–Crippen MR) is 52.1 cm³/mol. The first-order valence-corrected chi connectivity index (χ1v) is 4.65. The quantitative estimate of drug-likeness (QED) is 0.767. The lowest BCUT2D eigenvalue weighted by atomic mass is 10.3. The zero-order valence-corrected chi connectivity index (χ0v) is 8.64. The molecular weight excluding hydrogens is 234 g/mol. The number of nitrogens with one attached hydrogen (secondary N) is 1. The topological polar surface area (TPSA) is 82.1 Å². The Morgan fingerprint density at radius 3 is 2.75 bits per heavy atom. The zero-order valence-electron chi connectivity index (χ0n) is 7.88. The largest absolute Gasteiger partial charge is 0.530 e. The summed E-state index contributed by atoms with van der Waals surface area (Å²) in [5.41, 5.74) is 0.694. The Morgan fingerprint density at radius 2 is 2.12 bits per heavy atom. The average Bonchev–Trinajstić information content (AvgIpc) is 2.66. The van der Waals surface area contributed by atoms with Crippen molar-refractivity contribution in [1.29, 1.82) is 0 Å². The number of carbonyl (C=O) groups is 1. The number of rotatable bonds is 2. The number of carbonyl (C=O) groups excluding carboxylic acids is 1. The maximum Gasteiger partial charge on any atom is 0.301 e. The van der Waals surface area contributed by atoms with Gasteiger partial charge in [-0.3, -0.25) is 4.52 Å². The monoisotopic (exact) mass is 239 g/mol. The van der Waals surface area contributed by atoms with E-state index in [4.69, 9.17) is 16.1 Å². The van der Waals surface area contributed by atoms with Crippen molar-refractivity contribution >= 4 is 23.6 Å². The van der Waals surface area contributed by atoms with E-state index in [2.05, 4.69) is 5.27 Å². The van der Waals surface area contributed by atoms with E-state index in [-0.39, 0.29) is 5.88 Å². The van der Waals surface area contributed by atoms with Gasteiger partial charge in [0.15, 0.2) is 0 Å². The molecule has 1 amide bonds. The van der Waals surface area contributed by atoms with E-state index >= 15 is 0 Å². The van der Waals surface area contributed by atoms with Crippen molar-refractivity contribution in [2.24, 2.45) is 0 Å². The Kier molecular flexibility index (Phi) is 2.74. The number of hydrogen-bond donors (Lipinski definition) is 1. The number of nitrogens with zero attached hydrogens (tertiary/aromatic N) is 2. The molecule has 2 aromatic rings. The minimum atomic E-state index is -1.46. The zero-order chi connectivity index (χ0) is 11.5. The Bertz CT molecular complexity index is 509. The molecule has 1 aromatic heterocycles. The van der Waals surface area contributed by atoms with Crippen LogP contribution in [0.2, 0.25) is 5.02 Å². The molecule has 1 heterocycles. The smallest absolute Gasteiger partial charge is 0.301 e. The lowest BCUT2D eigenvalue weighted by Gasteiger charge is -1.96. The molecule has 0 fully saturated rings. The van der Waals surface area contributed by atoms with E-state index in [1.54, 1.807) is 24.3 Å². The van der Waals surface area contributed by atoms with Gasteiger partial charge in [-0.1, -0.05) is 11.6 Å². The van der Waals surface area contributed by atoms with Crippen LogP contribution in [0.4, 0.5) is 10.7 Å². The number of benzene rings is 1. The molecule has 0 aliphatic carbocycles. The minimum Gasteiger partial charge on any atom is -0.530 e. The Balaban J connectivity index is 2.24. The van der Waals surface area contributed by atoms with Crippen LogP contribution in [0.25, 0.3) is 5.69 Å². The summed E-state index contributed by atoms with van der Waals surface area (Å²) < 4.78 is 6.07. The van der Waals surface area contributed by atoms with E-state index < -0.39 is 6.09 Å². The number of aromatic nitrogens is 2. The third-order valence-corrected chi connectivity index (χ3v) is 2.04. The van der Waals surface area contributed by atoms with Gasteiger partial charge in [-0.25, -0.2) is 0 Å². The van der Waals surface area contributed by atoms with E-state index in [1.165, 1.54) is 10.9 Å². The second-order valence-corrected chi connectivity index (χ2v) is 3.34. The van der Waals surface area contributed by atoms with Crippen LogP contribution in [-0.4, -0.2) is 11.4 Å². The SMILES string of the molecule is O=C([O-])Nc1c[n+](-c2ccc(Cl)cc2)no1. The second kappa shape index (κ2) is 4.19. The lowest BCUT2D eigenvalue weighted by Crippen LogP contribution is -2.32. The second-order valence-electron chi connectivity index (χ2n) is 2.90. The maximum absolute atomic E-state index is 10.2. The average molecular weight is 240 g/mol. The number of hydrogen-bond acceptors (Lipinski definition) is 4. The summed E-state index contributed by atoms with van der Waals surface area (Å²) in [6.45, 7) is 0. The molecule has 0 radical (unpaired) electrons. The third kappa shape index (κ3) is 2.29. The van der Waals surface area contributed by atoms with Crippen LogP contribution in [0.1, 0.15) is 0 Å². The van der Waals surface area contributed by atoms with Crippen LogP contribution in [0.15, 0.2) is 35.0 Å². The van der Waals surface area contributed by atoms with Gasteiger partial charge in [-0.05, 0) is 16.8 Å². The first-order chi connectivity index (χ1) is 7.65. The van der Waals surface area contributed by atoms with Gasteiger partial charge < -0.3 is 15.2 Å². The summed E-state index contributed by atoms with van der Waals surface area (Å²) in [5.74, 6) is -0.0186. The number of anilines is 1. The van der Waals surface area contributed by atoms with Crippen LogP contribution in [-0.2, 0) is 0 Å². The number of amides is 1. The van der Waals surface area contributed by atoms with Crippen LogP contribution >= 0.6 is 11.6 Å². The van der Waals surface area contributed by atoms with Crippen LogP contribution in [0.5, 0.6) is 0 Å². The molecule has 0 saturated carbocycles. The highest BCUT2D eigenvalue weighted by Crippen LogP contribution is 2.09. The van der Waals surface area contributed by atoms with Crippen molar-refractivity contribution < 1.29 is 19.1 Å². The lowest BCUT2D eigenvalue weighted by molar-refractivity contribution is -0.670.